The van der Waals surface area contributed by atoms with Gasteiger partial charge in [-0.15, -0.1) is 0 Å². The average molecular weight is 235 g/mol. The lowest BCUT2D eigenvalue weighted by Crippen LogP contribution is -2.31. The minimum Gasteiger partial charge on any atom is -0.314 e. The standard InChI is InChI=1S/C11H17N5O/c1-4-12-8(3)7(2)9-5-6-10-13-14-11(17)16(10)15-9/h5-8,12H,4H2,1-3H3,(H,14,17). The number of aromatic nitrogens is 4. The monoisotopic (exact) mass is 235 g/mol. The number of rotatable bonds is 4. The molecule has 0 amide bonds. The van der Waals surface area contributed by atoms with Crippen LogP contribution < -0.4 is 11.0 Å². The topological polar surface area (TPSA) is 75.1 Å². The largest absolute Gasteiger partial charge is 0.364 e. The molecule has 0 fully saturated rings. The third kappa shape index (κ3) is 2.21. The molecule has 0 aromatic carbocycles. The van der Waals surface area contributed by atoms with Crippen molar-refractivity contribution in [2.75, 3.05) is 6.54 Å². The first-order valence-electron chi connectivity index (χ1n) is 5.81. The Labute approximate surface area is 99.0 Å². The van der Waals surface area contributed by atoms with E-state index < -0.39 is 0 Å². The first kappa shape index (κ1) is 11.8. The molecule has 0 saturated heterocycles. The lowest BCUT2D eigenvalue weighted by Gasteiger charge is -2.19. The number of nitrogens with zero attached hydrogens (tertiary/aromatic N) is 3. The van der Waals surface area contributed by atoms with Crippen molar-refractivity contribution in [1.29, 1.82) is 0 Å². The van der Waals surface area contributed by atoms with Crippen molar-refractivity contribution in [1.82, 2.24) is 25.1 Å². The molecular formula is C11H17N5O. The zero-order valence-corrected chi connectivity index (χ0v) is 10.3. The molecule has 2 N–H and O–H groups in total. The van der Waals surface area contributed by atoms with Crippen molar-refractivity contribution in [3.63, 3.8) is 0 Å². The highest BCUT2D eigenvalue weighted by molar-refractivity contribution is 5.35. The predicted octanol–water partition coefficient (Wildman–Crippen LogP) is 0.519. The van der Waals surface area contributed by atoms with Gasteiger partial charge in [0.05, 0.1) is 5.69 Å². The first-order valence-corrected chi connectivity index (χ1v) is 5.81. The maximum atomic E-state index is 11.4. The maximum absolute atomic E-state index is 11.4. The van der Waals surface area contributed by atoms with E-state index in [9.17, 15) is 4.79 Å². The summed E-state index contributed by atoms with van der Waals surface area (Å²) in [5.41, 5.74) is 1.13. The fourth-order valence-electron chi connectivity index (χ4n) is 1.81. The van der Waals surface area contributed by atoms with E-state index in [0.29, 0.717) is 11.7 Å². The molecule has 17 heavy (non-hydrogen) atoms. The summed E-state index contributed by atoms with van der Waals surface area (Å²) in [5, 5.41) is 13.9. The summed E-state index contributed by atoms with van der Waals surface area (Å²) in [4.78, 5) is 11.4. The fraction of sp³-hybridized carbons (Fsp3) is 0.545. The molecule has 2 unspecified atom stereocenters. The fourth-order valence-corrected chi connectivity index (χ4v) is 1.81. The Kier molecular flexibility index (Phi) is 3.23. The molecule has 0 aliphatic heterocycles. The molecule has 0 saturated carbocycles. The van der Waals surface area contributed by atoms with Crippen LogP contribution in [0.25, 0.3) is 5.65 Å². The van der Waals surface area contributed by atoms with Gasteiger partial charge in [-0.1, -0.05) is 13.8 Å². The van der Waals surface area contributed by atoms with E-state index in [1.807, 2.05) is 6.07 Å². The van der Waals surface area contributed by atoms with Crippen LogP contribution in [0.15, 0.2) is 16.9 Å². The van der Waals surface area contributed by atoms with Gasteiger partial charge in [-0.25, -0.2) is 9.89 Å². The normalized spacial score (nSPS) is 15.0. The summed E-state index contributed by atoms with van der Waals surface area (Å²) in [5.74, 6) is 0.237. The summed E-state index contributed by atoms with van der Waals surface area (Å²) >= 11 is 0. The van der Waals surface area contributed by atoms with Gasteiger partial charge in [0.1, 0.15) is 0 Å². The highest BCUT2D eigenvalue weighted by atomic mass is 16.2. The van der Waals surface area contributed by atoms with Gasteiger partial charge in [-0.2, -0.15) is 14.7 Å². The van der Waals surface area contributed by atoms with Crippen LogP contribution in [0.1, 0.15) is 32.4 Å². The van der Waals surface area contributed by atoms with E-state index >= 15 is 0 Å². The quantitative estimate of drug-likeness (QED) is 0.810. The Balaban J connectivity index is 2.35. The van der Waals surface area contributed by atoms with Gasteiger partial charge in [0.25, 0.3) is 0 Å². The second kappa shape index (κ2) is 4.67. The van der Waals surface area contributed by atoms with Gasteiger partial charge >= 0.3 is 5.69 Å². The molecule has 92 valence electrons. The van der Waals surface area contributed by atoms with E-state index in [-0.39, 0.29) is 11.6 Å². The lowest BCUT2D eigenvalue weighted by molar-refractivity contribution is 0.482. The summed E-state index contributed by atoms with van der Waals surface area (Å²) < 4.78 is 1.30. The molecular weight excluding hydrogens is 218 g/mol. The van der Waals surface area contributed by atoms with E-state index in [2.05, 4.69) is 41.4 Å². The van der Waals surface area contributed by atoms with Crippen LogP contribution >= 0.6 is 0 Å². The van der Waals surface area contributed by atoms with Crippen LogP contribution in [0.4, 0.5) is 0 Å². The van der Waals surface area contributed by atoms with Crippen LogP contribution in [0, 0.1) is 0 Å². The number of aromatic amines is 1. The van der Waals surface area contributed by atoms with Crippen molar-refractivity contribution in [3.8, 4) is 0 Å². The second-order valence-corrected chi connectivity index (χ2v) is 4.19. The summed E-state index contributed by atoms with van der Waals surface area (Å²) in [6, 6.07) is 4.02. The highest BCUT2D eigenvalue weighted by Crippen LogP contribution is 2.16. The molecule has 6 heteroatoms. The predicted molar refractivity (Wildman–Crippen MR) is 65.2 cm³/mol. The number of H-pyrrole nitrogens is 1. The third-order valence-electron chi connectivity index (χ3n) is 3.04. The first-order chi connectivity index (χ1) is 8.13. The Hall–Kier alpha value is -1.69. The molecule has 0 radical (unpaired) electrons. The number of likely N-dealkylation sites (N-methyl/N-ethyl adjacent to an activating group) is 1. The van der Waals surface area contributed by atoms with Crippen LogP contribution in [-0.4, -0.2) is 32.4 Å². The smallest absolute Gasteiger partial charge is 0.314 e. The van der Waals surface area contributed by atoms with Gasteiger partial charge in [0.2, 0.25) is 0 Å². The second-order valence-electron chi connectivity index (χ2n) is 4.19. The Morgan fingerprint density at radius 2 is 2.24 bits per heavy atom. The van der Waals surface area contributed by atoms with Crippen LogP contribution in [0.2, 0.25) is 0 Å². The third-order valence-corrected chi connectivity index (χ3v) is 3.04. The van der Waals surface area contributed by atoms with Crippen LogP contribution in [0.5, 0.6) is 0 Å². The number of hydrogen-bond donors (Lipinski definition) is 2. The minimum atomic E-state index is -0.301. The molecule has 0 aliphatic carbocycles. The molecule has 2 heterocycles. The highest BCUT2D eigenvalue weighted by Gasteiger charge is 2.15. The molecule has 2 rings (SSSR count). The summed E-state index contributed by atoms with van der Waals surface area (Å²) in [6.45, 7) is 7.19. The maximum Gasteiger partial charge on any atom is 0.364 e. The molecule has 0 bridgehead atoms. The lowest BCUT2D eigenvalue weighted by atomic mass is 9.99. The Bertz CT molecular complexity index is 558. The van der Waals surface area contributed by atoms with Crippen molar-refractivity contribution < 1.29 is 0 Å². The van der Waals surface area contributed by atoms with Crippen molar-refractivity contribution in [2.24, 2.45) is 0 Å². The number of nitrogens with one attached hydrogen (secondary N) is 2. The van der Waals surface area contributed by atoms with E-state index in [1.165, 1.54) is 4.52 Å². The van der Waals surface area contributed by atoms with Gasteiger partial charge < -0.3 is 5.32 Å². The molecule has 2 aromatic rings. The minimum absolute atomic E-state index is 0.237. The molecule has 2 atom stereocenters. The molecule has 0 aliphatic rings. The van der Waals surface area contributed by atoms with Crippen LogP contribution in [0.3, 0.4) is 0 Å². The van der Waals surface area contributed by atoms with E-state index in [1.54, 1.807) is 6.07 Å². The van der Waals surface area contributed by atoms with Gasteiger partial charge in [-0.3, -0.25) is 0 Å². The van der Waals surface area contributed by atoms with E-state index in [0.717, 1.165) is 12.2 Å². The Morgan fingerprint density at radius 3 is 2.94 bits per heavy atom. The average Bonchev–Trinajstić information content (AvgIpc) is 2.70. The molecule has 2 aromatic heterocycles. The summed E-state index contributed by atoms with van der Waals surface area (Å²) in [7, 11) is 0. The number of hydrogen-bond acceptors (Lipinski definition) is 4. The Morgan fingerprint density at radius 1 is 1.47 bits per heavy atom. The van der Waals surface area contributed by atoms with Crippen LogP contribution in [-0.2, 0) is 0 Å². The van der Waals surface area contributed by atoms with Crippen molar-refractivity contribution in [3.05, 3.63) is 28.3 Å². The van der Waals surface area contributed by atoms with E-state index in [4.69, 9.17) is 0 Å². The van der Waals surface area contributed by atoms with Gasteiger partial charge in [-0.05, 0) is 25.6 Å². The molecule has 0 spiro atoms. The van der Waals surface area contributed by atoms with Crippen molar-refractivity contribution in [2.45, 2.75) is 32.7 Å². The SMILES string of the molecule is CCNC(C)C(C)c1ccc2n[nH]c(=O)n2n1. The van der Waals surface area contributed by atoms with Crippen molar-refractivity contribution >= 4 is 5.65 Å². The number of fused-ring (bicyclic) bond motifs is 1. The summed E-state index contributed by atoms with van der Waals surface area (Å²) in [6.07, 6.45) is 0. The zero-order chi connectivity index (χ0) is 12.4. The van der Waals surface area contributed by atoms with Gasteiger partial charge in [0, 0.05) is 12.0 Å². The van der Waals surface area contributed by atoms with Gasteiger partial charge in [0.15, 0.2) is 5.65 Å². The zero-order valence-electron chi connectivity index (χ0n) is 10.3. The molecule has 6 nitrogen and oxygen atoms in total.